The Kier molecular flexibility index (Phi) is 6.97. The number of hydrogen-bond donors (Lipinski definition) is 3. The van der Waals surface area contributed by atoms with Crippen molar-refractivity contribution in [1.29, 1.82) is 0 Å². The van der Waals surface area contributed by atoms with E-state index in [1.165, 1.54) is 6.33 Å². The van der Waals surface area contributed by atoms with Gasteiger partial charge in [0.05, 0.1) is 25.0 Å². The number of nitrogens with two attached hydrogens (primary N) is 1. The third-order valence-electron chi connectivity index (χ3n) is 4.33. The van der Waals surface area contributed by atoms with Crippen LogP contribution in [0.3, 0.4) is 0 Å². The molecule has 1 saturated heterocycles. The van der Waals surface area contributed by atoms with Gasteiger partial charge in [-0.3, -0.25) is 4.57 Å². The zero-order valence-electron chi connectivity index (χ0n) is 16.0. The Labute approximate surface area is 163 Å². The molecule has 3 atom stereocenters. The van der Waals surface area contributed by atoms with Crippen LogP contribution >= 0.6 is 7.52 Å². The second kappa shape index (κ2) is 9.25. The molecule has 0 radical (unpaired) electrons. The van der Waals surface area contributed by atoms with Crippen molar-refractivity contribution in [2.45, 2.75) is 51.7 Å². The second-order valence-electron chi connectivity index (χ2n) is 6.87. The molecule has 12 heteroatoms. The van der Waals surface area contributed by atoms with Gasteiger partial charge in [-0.25, -0.2) is 20.0 Å². The summed E-state index contributed by atoms with van der Waals surface area (Å²) in [4.78, 5) is 22.5. The number of hydrogen-bond acceptors (Lipinski definition) is 8. The van der Waals surface area contributed by atoms with E-state index in [0.29, 0.717) is 36.7 Å². The number of nitrogen functional groups attached to an aromatic ring is 1. The Balaban J connectivity index is 1.51. The highest BCUT2D eigenvalue weighted by atomic mass is 31.2. The summed E-state index contributed by atoms with van der Waals surface area (Å²) in [5.74, 6) is 0.304. The van der Waals surface area contributed by atoms with Crippen LogP contribution in [0.5, 0.6) is 0 Å². The van der Waals surface area contributed by atoms with Gasteiger partial charge >= 0.3 is 0 Å². The van der Waals surface area contributed by atoms with Crippen LogP contribution in [-0.4, -0.2) is 62.4 Å². The van der Waals surface area contributed by atoms with Crippen molar-refractivity contribution < 1.29 is 23.7 Å². The highest BCUT2D eigenvalue weighted by molar-refractivity contribution is 7.55. The van der Waals surface area contributed by atoms with E-state index in [0.717, 1.165) is 12.8 Å². The molecule has 0 saturated carbocycles. The minimum absolute atomic E-state index is 0.304. The minimum atomic E-state index is -3.73. The topological polar surface area (TPSA) is 147 Å². The summed E-state index contributed by atoms with van der Waals surface area (Å²) in [6, 6.07) is -0.440. The van der Waals surface area contributed by atoms with Crippen LogP contribution in [0, 0.1) is 0 Å². The van der Waals surface area contributed by atoms with E-state index in [9.17, 15) is 9.46 Å². The van der Waals surface area contributed by atoms with Gasteiger partial charge in [0.1, 0.15) is 18.2 Å². The summed E-state index contributed by atoms with van der Waals surface area (Å²) in [6.45, 7) is 5.11. The van der Waals surface area contributed by atoms with Crippen molar-refractivity contribution in [3.05, 3.63) is 12.7 Å². The van der Waals surface area contributed by atoms with E-state index in [-0.39, 0.29) is 12.5 Å². The predicted molar refractivity (Wildman–Crippen MR) is 102 cm³/mol. The second-order valence-corrected chi connectivity index (χ2v) is 8.79. The van der Waals surface area contributed by atoms with E-state index in [2.05, 4.69) is 20.0 Å². The zero-order chi connectivity index (χ0) is 20.1. The lowest BCUT2D eigenvalue weighted by Gasteiger charge is -2.26. The van der Waals surface area contributed by atoms with Crippen molar-refractivity contribution in [3.63, 3.8) is 0 Å². The van der Waals surface area contributed by atoms with E-state index in [4.69, 9.17) is 19.9 Å². The predicted octanol–water partition coefficient (Wildman–Crippen LogP) is 1.09. The molecule has 2 aromatic rings. The van der Waals surface area contributed by atoms with Gasteiger partial charge in [-0.1, -0.05) is 0 Å². The number of rotatable bonds is 8. The quantitative estimate of drug-likeness (QED) is 0.536. The average Bonchev–Trinajstić information content (AvgIpc) is 2.87. The molecule has 3 heterocycles. The van der Waals surface area contributed by atoms with Gasteiger partial charge in [0.15, 0.2) is 17.8 Å². The Morgan fingerprint density at radius 1 is 1.36 bits per heavy atom. The molecule has 11 nitrogen and oxygen atoms in total. The third-order valence-corrected chi connectivity index (χ3v) is 5.64. The number of ether oxygens (including phenoxy) is 3. The monoisotopic (exact) mass is 414 g/mol. The summed E-state index contributed by atoms with van der Waals surface area (Å²) in [5.41, 5.74) is 6.88. The third kappa shape index (κ3) is 5.47. The van der Waals surface area contributed by atoms with Crippen molar-refractivity contribution >= 4 is 24.5 Å². The number of imidazole rings is 1. The maximum Gasteiger partial charge on any atom is 0.292 e. The van der Waals surface area contributed by atoms with Gasteiger partial charge in [0, 0.05) is 13.2 Å². The largest absolute Gasteiger partial charge is 0.382 e. The minimum Gasteiger partial charge on any atom is -0.382 e. The van der Waals surface area contributed by atoms with Crippen LogP contribution in [0.1, 0.15) is 26.7 Å². The molecule has 1 fully saturated rings. The summed E-state index contributed by atoms with van der Waals surface area (Å²) in [5, 5.41) is 2.68. The number of fused-ring (bicyclic) bond motifs is 1. The van der Waals surface area contributed by atoms with E-state index in [1.807, 2.05) is 0 Å². The molecule has 156 valence electrons. The van der Waals surface area contributed by atoms with Gasteiger partial charge in [0.2, 0.25) is 0 Å². The maximum atomic E-state index is 12.5. The lowest BCUT2D eigenvalue weighted by molar-refractivity contribution is -0.138. The highest BCUT2D eigenvalue weighted by Gasteiger charge is 2.28. The van der Waals surface area contributed by atoms with Crippen molar-refractivity contribution in [2.24, 2.45) is 0 Å². The first-order chi connectivity index (χ1) is 13.4. The average molecular weight is 414 g/mol. The van der Waals surface area contributed by atoms with Crippen LogP contribution in [0.2, 0.25) is 0 Å². The molecule has 1 aliphatic rings. The van der Waals surface area contributed by atoms with Crippen LogP contribution in [0.25, 0.3) is 11.2 Å². The van der Waals surface area contributed by atoms with Crippen molar-refractivity contribution in [1.82, 2.24) is 24.6 Å². The molecule has 4 N–H and O–H groups in total. The molecule has 0 spiro atoms. The lowest BCUT2D eigenvalue weighted by atomic mass is 10.3. The van der Waals surface area contributed by atoms with Gasteiger partial charge in [-0.05, 0) is 26.7 Å². The molecule has 0 aliphatic carbocycles. The highest BCUT2D eigenvalue weighted by Crippen LogP contribution is 2.37. The van der Waals surface area contributed by atoms with E-state index in [1.54, 1.807) is 24.7 Å². The molecular formula is C16H27N6O5P. The summed E-state index contributed by atoms with van der Waals surface area (Å²) < 4.78 is 31.0. The van der Waals surface area contributed by atoms with Gasteiger partial charge in [-0.2, -0.15) is 0 Å². The Hall–Kier alpha value is -1.62. The van der Waals surface area contributed by atoms with Crippen molar-refractivity contribution in [3.8, 4) is 0 Å². The van der Waals surface area contributed by atoms with E-state index >= 15 is 0 Å². The molecule has 28 heavy (non-hydrogen) atoms. The number of aromatic nitrogens is 4. The van der Waals surface area contributed by atoms with Crippen LogP contribution in [0.4, 0.5) is 5.82 Å². The first-order valence-corrected chi connectivity index (χ1v) is 11.1. The SMILES string of the molecule is C[C@H](Cn1cnc2c(N)ncnc21)OCP(=O)(O)N[C@@H](C)C1OCCCCO1. The molecule has 0 amide bonds. The summed E-state index contributed by atoms with van der Waals surface area (Å²) in [7, 11) is -3.73. The van der Waals surface area contributed by atoms with Gasteiger partial charge in [0.25, 0.3) is 7.52 Å². The summed E-state index contributed by atoms with van der Waals surface area (Å²) in [6.07, 6.45) is 3.55. The van der Waals surface area contributed by atoms with Crippen LogP contribution in [0.15, 0.2) is 12.7 Å². The fraction of sp³-hybridized carbons (Fsp3) is 0.688. The molecule has 1 aliphatic heterocycles. The molecule has 0 aromatic carbocycles. The molecule has 1 unspecified atom stereocenters. The zero-order valence-corrected chi connectivity index (χ0v) is 16.9. The normalized spacial score (nSPS) is 20.5. The van der Waals surface area contributed by atoms with Crippen molar-refractivity contribution in [2.75, 3.05) is 25.3 Å². The fourth-order valence-corrected chi connectivity index (χ4v) is 4.24. The molecule has 2 aromatic heterocycles. The lowest BCUT2D eigenvalue weighted by Crippen LogP contribution is -2.39. The standard InChI is InChI=1S/C16H27N6O5P/c1-11(7-22-9-20-13-14(17)18-8-19-15(13)22)27-10-28(23,24)21-12(2)16-25-5-3-4-6-26-16/h8-9,11-12,16H,3-7,10H2,1-2H3,(H2,17,18,19)(H2,21,23,24)/t11-,12+/m1/s1. The summed E-state index contributed by atoms with van der Waals surface area (Å²) >= 11 is 0. The number of nitrogens with zero attached hydrogens (tertiary/aromatic N) is 4. The maximum absolute atomic E-state index is 12.5. The van der Waals surface area contributed by atoms with E-state index < -0.39 is 19.9 Å². The first kappa shape index (κ1) is 21.1. The van der Waals surface area contributed by atoms with Gasteiger partial charge in [-0.15, -0.1) is 0 Å². The van der Waals surface area contributed by atoms with Crippen LogP contribution < -0.4 is 10.8 Å². The Morgan fingerprint density at radius 3 is 2.79 bits per heavy atom. The number of nitrogens with one attached hydrogen (secondary N) is 1. The smallest absolute Gasteiger partial charge is 0.292 e. The number of anilines is 1. The fourth-order valence-electron chi connectivity index (χ4n) is 2.95. The first-order valence-electron chi connectivity index (χ1n) is 9.21. The molecular weight excluding hydrogens is 387 g/mol. The Morgan fingerprint density at radius 2 is 2.07 bits per heavy atom. The molecule has 3 rings (SSSR count). The van der Waals surface area contributed by atoms with Crippen LogP contribution in [-0.2, 0) is 25.3 Å². The Bertz CT molecular complexity index is 825. The molecule has 0 bridgehead atoms. The van der Waals surface area contributed by atoms with Gasteiger partial charge < -0.3 is 29.4 Å².